The Hall–Kier alpha value is -1.10. The van der Waals surface area contributed by atoms with E-state index >= 15 is 0 Å². The van der Waals surface area contributed by atoms with E-state index in [0.29, 0.717) is 12.1 Å². The fourth-order valence-corrected chi connectivity index (χ4v) is 1.69. The molecule has 0 amide bonds. The van der Waals surface area contributed by atoms with Crippen molar-refractivity contribution in [1.29, 1.82) is 0 Å². The third-order valence-corrected chi connectivity index (χ3v) is 2.37. The van der Waals surface area contributed by atoms with Crippen LogP contribution >= 0.6 is 0 Å². The van der Waals surface area contributed by atoms with Gasteiger partial charge in [-0.15, -0.1) is 0 Å². The van der Waals surface area contributed by atoms with Gasteiger partial charge in [0.05, 0.1) is 6.42 Å². The van der Waals surface area contributed by atoms with Crippen LogP contribution in [0, 0.1) is 5.82 Å². The van der Waals surface area contributed by atoms with E-state index in [4.69, 9.17) is 0 Å². The van der Waals surface area contributed by atoms with Gasteiger partial charge in [0, 0.05) is 6.04 Å². The standard InChI is InChI=1S/C12H15F4N/c1-2-17-11(8-12(14,15)16)7-9-3-5-10(13)6-4-9/h3-6,11,17H,2,7-8H2,1H3. The predicted molar refractivity (Wildman–Crippen MR) is 58.2 cm³/mol. The Labute approximate surface area is 97.8 Å². The summed E-state index contributed by atoms with van der Waals surface area (Å²) in [5, 5.41) is 2.79. The number of hydrogen-bond acceptors (Lipinski definition) is 1. The van der Waals surface area contributed by atoms with Crippen LogP contribution < -0.4 is 5.32 Å². The summed E-state index contributed by atoms with van der Waals surface area (Å²) < 4.78 is 49.5. The van der Waals surface area contributed by atoms with Crippen LogP contribution in [0.3, 0.4) is 0 Å². The molecule has 5 heteroatoms. The first-order valence-corrected chi connectivity index (χ1v) is 5.45. The molecule has 1 nitrogen and oxygen atoms in total. The molecule has 0 aliphatic carbocycles. The minimum absolute atomic E-state index is 0.244. The van der Waals surface area contributed by atoms with Crippen molar-refractivity contribution in [2.75, 3.05) is 6.54 Å². The molecule has 0 radical (unpaired) electrons. The minimum atomic E-state index is -4.19. The number of likely N-dealkylation sites (N-methyl/N-ethyl adjacent to an activating group) is 1. The van der Waals surface area contributed by atoms with Crippen LogP contribution in [0.15, 0.2) is 24.3 Å². The molecule has 1 atom stereocenters. The Morgan fingerprint density at radius 1 is 1.18 bits per heavy atom. The van der Waals surface area contributed by atoms with Crippen LogP contribution in [0.2, 0.25) is 0 Å². The highest BCUT2D eigenvalue weighted by atomic mass is 19.4. The second kappa shape index (κ2) is 6.00. The quantitative estimate of drug-likeness (QED) is 0.789. The molecule has 1 aromatic carbocycles. The summed E-state index contributed by atoms with van der Waals surface area (Å²) in [5.41, 5.74) is 0.696. The second-order valence-corrected chi connectivity index (χ2v) is 3.90. The summed E-state index contributed by atoms with van der Waals surface area (Å²) >= 11 is 0. The maximum absolute atomic E-state index is 12.6. The number of hydrogen-bond donors (Lipinski definition) is 1. The molecule has 0 bridgehead atoms. The number of benzene rings is 1. The Balaban J connectivity index is 2.63. The maximum atomic E-state index is 12.6. The molecular formula is C12H15F4N. The molecule has 96 valence electrons. The lowest BCUT2D eigenvalue weighted by molar-refractivity contribution is -0.139. The predicted octanol–water partition coefficient (Wildman–Crippen LogP) is 3.30. The lowest BCUT2D eigenvalue weighted by Crippen LogP contribution is -2.35. The van der Waals surface area contributed by atoms with Crippen molar-refractivity contribution in [1.82, 2.24) is 5.32 Å². The van der Waals surface area contributed by atoms with E-state index in [1.165, 1.54) is 24.3 Å². The monoisotopic (exact) mass is 249 g/mol. The fraction of sp³-hybridized carbons (Fsp3) is 0.500. The van der Waals surface area contributed by atoms with Gasteiger partial charge < -0.3 is 5.32 Å². The molecule has 1 rings (SSSR count). The van der Waals surface area contributed by atoms with Gasteiger partial charge in [-0.25, -0.2) is 4.39 Å². The van der Waals surface area contributed by atoms with Crippen LogP contribution in [0.4, 0.5) is 17.6 Å². The molecule has 0 heterocycles. The third kappa shape index (κ3) is 5.68. The zero-order valence-electron chi connectivity index (χ0n) is 9.52. The Morgan fingerprint density at radius 2 is 1.76 bits per heavy atom. The Morgan fingerprint density at radius 3 is 2.24 bits per heavy atom. The summed E-state index contributed by atoms with van der Waals surface area (Å²) in [4.78, 5) is 0. The highest BCUT2D eigenvalue weighted by molar-refractivity contribution is 5.17. The van der Waals surface area contributed by atoms with Crippen LogP contribution in [-0.4, -0.2) is 18.8 Å². The van der Waals surface area contributed by atoms with E-state index in [2.05, 4.69) is 5.32 Å². The largest absolute Gasteiger partial charge is 0.390 e. The van der Waals surface area contributed by atoms with Crippen LogP contribution in [0.25, 0.3) is 0 Å². The average molecular weight is 249 g/mol. The summed E-state index contributed by atoms with van der Waals surface area (Å²) in [6.07, 6.45) is -4.82. The van der Waals surface area contributed by atoms with Crippen LogP contribution in [0.5, 0.6) is 0 Å². The molecule has 1 unspecified atom stereocenters. The van der Waals surface area contributed by atoms with Crippen molar-refractivity contribution in [3.05, 3.63) is 35.6 Å². The number of nitrogens with one attached hydrogen (secondary N) is 1. The van der Waals surface area contributed by atoms with E-state index < -0.39 is 18.6 Å². The molecule has 17 heavy (non-hydrogen) atoms. The average Bonchev–Trinajstić information content (AvgIpc) is 2.19. The first-order chi connectivity index (χ1) is 7.90. The van der Waals surface area contributed by atoms with Crippen LogP contribution in [0.1, 0.15) is 18.9 Å². The van der Waals surface area contributed by atoms with Gasteiger partial charge in [-0.3, -0.25) is 0 Å². The SMILES string of the molecule is CCNC(Cc1ccc(F)cc1)CC(F)(F)F. The Bertz CT molecular complexity index is 331. The number of rotatable bonds is 5. The van der Waals surface area contributed by atoms with Crippen LogP contribution in [-0.2, 0) is 6.42 Å². The number of halogens is 4. The molecule has 0 fully saturated rings. The number of alkyl halides is 3. The molecule has 0 spiro atoms. The third-order valence-electron chi connectivity index (χ3n) is 2.37. The van der Waals surface area contributed by atoms with Crippen molar-refractivity contribution in [2.24, 2.45) is 0 Å². The summed E-state index contributed by atoms with van der Waals surface area (Å²) in [7, 11) is 0. The molecule has 0 aliphatic rings. The van der Waals surface area contributed by atoms with Crippen molar-refractivity contribution >= 4 is 0 Å². The molecule has 0 saturated heterocycles. The molecule has 1 aromatic rings. The normalized spacial score (nSPS) is 13.7. The van der Waals surface area contributed by atoms with Gasteiger partial charge in [0.2, 0.25) is 0 Å². The van der Waals surface area contributed by atoms with E-state index in [1.807, 2.05) is 0 Å². The molecular weight excluding hydrogens is 234 g/mol. The highest BCUT2D eigenvalue weighted by Crippen LogP contribution is 2.23. The van der Waals surface area contributed by atoms with E-state index in [1.54, 1.807) is 6.92 Å². The van der Waals surface area contributed by atoms with E-state index in [-0.39, 0.29) is 12.2 Å². The summed E-state index contributed by atoms with van der Waals surface area (Å²) in [6.45, 7) is 2.23. The molecule has 0 aliphatic heterocycles. The maximum Gasteiger partial charge on any atom is 0.390 e. The van der Waals surface area contributed by atoms with Gasteiger partial charge in [0.25, 0.3) is 0 Å². The van der Waals surface area contributed by atoms with Crippen molar-refractivity contribution in [3.8, 4) is 0 Å². The van der Waals surface area contributed by atoms with E-state index in [9.17, 15) is 17.6 Å². The van der Waals surface area contributed by atoms with Gasteiger partial charge in [0.1, 0.15) is 5.82 Å². The van der Waals surface area contributed by atoms with Crippen molar-refractivity contribution in [2.45, 2.75) is 32.0 Å². The first kappa shape index (κ1) is 14.0. The lowest BCUT2D eigenvalue weighted by Gasteiger charge is -2.19. The van der Waals surface area contributed by atoms with Gasteiger partial charge in [-0.2, -0.15) is 13.2 Å². The van der Waals surface area contributed by atoms with Gasteiger partial charge in [0.15, 0.2) is 0 Å². The second-order valence-electron chi connectivity index (χ2n) is 3.90. The topological polar surface area (TPSA) is 12.0 Å². The molecule has 0 saturated carbocycles. The zero-order valence-corrected chi connectivity index (χ0v) is 9.52. The summed E-state index contributed by atoms with van der Waals surface area (Å²) in [5.74, 6) is -0.385. The van der Waals surface area contributed by atoms with Crippen molar-refractivity contribution < 1.29 is 17.6 Å². The lowest BCUT2D eigenvalue weighted by atomic mass is 10.0. The van der Waals surface area contributed by atoms with Gasteiger partial charge in [-0.05, 0) is 30.7 Å². The summed E-state index contributed by atoms with van der Waals surface area (Å²) in [6, 6.07) is 4.87. The fourth-order valence-electron chi connectivity index (χ4n) is 1.69. The molecule has 0 aromatic heterocycles. The minimum Gasteiger partial charge on any atom is -0.314 e. The zero-order chi connectivity index (χ0) is 12.9. The first-order valence-electron chi connectivity index (χ1n) is 5.45. The van der Waals surface area contributed by atoms with Crippen molar-refractivity contribution in [3.63, 3.8) is 0 Å². The molecule has 1 N–H and O–H groups in total. The highest BCUT2D eigenvalue weighted by Gasteiger charge is 2.31. The van der Waals surface area contributed by atoms with E-state index in [0.717, 1.165) is 0 Å². The van der Waals surface area contributed by atoms with Gasteiger partial charge >= 0.3 is 6.18 Å². The smallest absolute Gasteiger partial charge is 0.314 e. The van der Waals surface area contributed by atoms with Gasteiger partial charge in [-0.1, -0.05) is 19.1 Å². The Kier molecular flexibility index (Phi) is 4.93.